The molecule has 0 fully saturated rings. The Balaban J connectivity index is 1.10. The van der Waals surface area contributed by atoms with Crippen LogP contribution in [0.3, 0.4) is 0 Å². The van der Waals surface area contributed by atoms with Crippen LogP contribution >= 0.6 is 11.3 Å². The highest BCUT2D eigenvalue weighted by Gasteiger charge is 2.23. The van der Waals surface area contributed by atoms with E-state index in [2.05, 4.69) is 228 Å². The van der Waals surface area contributed by atoms with Gasteiger partial charge in [-0.3, -0.25) is 0 Å². The monoisotopic (exact) mass is 744 g/mol. The lowest BCUT2D eigenvalue weighted by molar-refractivity contribution is 1.18. The van der Waals surface area contributed by atoms with Gasteiger partial charge in [-0.2, -0.15) is 0 Å². The van der Waals surface area contributed by atoms with Crippen LogP contribution in [0, 0.1) is 0 Å². The first kappa shape index (κ1) is 33.2. The molecule has 57 heavy (non-hydrogen) atoms. The molecule has 0 atom stereocenters. The molecule has 11 aromatic rings. The van der Waals surface area contributed by atoms with E-state index in [1.54, 1.807) is 0 Å². The summed E-state index contributed by atoms with van der Waals surface area (Å²) in [6, 6.07) is 79.3. The Morgan fingerprint density at radius 2 is 0.895 bits per heavy atom. The van der Waals surface area contributed by atoms with E-state index in [-0.39, 0.29) is 0 Å². The summed E-state index contributed by atoms with van der Waals surface area (Å²) in [6.07, 6.45) is 0. The molecule has 3 heteroatoms. The van der Waals surface area contributed by atoms with Crippen molar-refractivity contribution < 1.29 is 0 Å². The number of rotatable bonds is 7. The quantitative estimate of drug-likeness (QED) is 0.158. The zero-order valence-electron chi connectivity index (χ0n) is 31.1. The molecular formula is C54H36N2S. The Bertz CT molecular complexity index is 3210. The third-order valence-electron chi connectivity index (χ3n) is 11.2. The van der Waals surface area contributed by atoms with Gasteiger partial charge in [-0.05, 0) is 82.4 Å². The Labute approximate surface area is 335 Å². The third-order valence-corrected chi connectivity index (χ3v) is 12.4. The van der Waals surface area contributed by atoms with E-state index in [1.807, 2.05) is 11.3 Å². The molecule has 268 valence electrons. The minimum Gasteiger partial charge on any atom is -0.309 e. The number of para-hydroxylation sites is 2. The molecule has 0 radical (unpaired) electrons. The molecule has 0 spiro atoms. The predicted octanol–water partition coefficient (Wildman–Crippen LogP) is 15.6. The number of benzene rings is 9. The van der Waals surface area contributed by atoms with Gasteiger partial charge in [-0.15, -0.1) is 11.3 Å². The number of aromatic nitrogens is 1. The maximum absolute atomic E-state index is 2.45. The minimum absolute atomic E-state index is 1.10. The van der Waals surface area contributed by atoms with E-state index in [0.717, 1.165) is 28.3 Å². The molecule has 0 bridgehead atoms. The summed E-state index contributed by atoms with van der Waals surface area (Å²) >= 11 is 1.88. The van der Waals surface area contributed by atoms with Crippen molar-refractivity contribution in [1.29, 1.82) is 0 Å². The Kier molecular flexibility index (Phi) is 8.04. The normalized spacial score (nSPS) is 11.5. The van der Waals surface area contributed by atoms with Gasteiger partial charge < -0.3 is 9.47 Å². The van der Waals surface area contributed by atoms with Crippen molar-refractivity contribution in [3.63, 3.8) is 0 Å². The van der Waals surface area contributed by atoms with Crippen molar-refractivity contribution in [1.82, 2.24) is 4.57 Å². The standard InChI is InChI=1S/C54H36N2S/c1-3-15-37(16-4-1)38-29-33-41(34-30-38)55(48-24-10-7-19-43(48)39-17-5-2-6-18-39)50-26-14-27-51-53(50)47-21-8-11-25-49(47)56(51)42-35-31-40(32-36-42)44-22-13-23-46-45-20-9-12-28-52(45)57-54(44)46/h1-36H. The summed E-state index contributed by atoms with van der Waals surface area (Å²) in [6.45, 7) is 0. The molecular weight excluding hydrogens is 709 g/mol. The lowest BCUT2D eigenvalue weighted by Crippen LogP contribution is -2.11. The highest BCUT2D eigenvalue weighted by Crippen LogP contribution is 2.47. The lowest BCUT2D eigenvalue weighted by atomic mass is 10.00. The van der Waals surface area contributed by atoms with E-state index in [4.69, 9.17) is 0 Å². The molecule has 0 amide bonds. The van der Waals surface area contributed by atoms with Gasteiger partial charge in [0.05, 0.1) is 22.4 Å². The van der Waals surface area contributed by atoms with E-state index in [1.165, 1.54) is 69.8 Å². The second-order valence-electron chi connectivity index (χ2n) is 14.5. The van der Waals surface area contributed by atoms with Crippen LogP contribution in [0.1, 0.15) is 0 Å². The van der Waals surface area contributed by atoms with Gasteiger partial charge in [0, 0.05) is 47.9 Å². The Morgan fingerprint density at radius 3 is 1.70 bits per heavy atom. The molecule has 9 aromatic carbocycles. The molecule has 2 heterocycles. The number of hydrogen-bond acceptors (Lipinski definition) is 2. The number of fused-ring (bicyclic) bond motifs is 6. The van der Waals surface area contributed by atoms with Crippen LogP contribution in [0.5, 0.6) is 0 Å². The van der Waals surface area contributed by atoms with Crippen LogP contribution < -0.4 is 4.90 Å². The second kappa shape index (κ2) is 13.8. The van der Waals surface area contributed by atoms with Gasteiger partial charge in [0.1, 0.15) is 0 Å². The maximum Gasteiger partial charge on any atom is 0.0562 e. The van der Waals surface area contributed by atoms with E-state index in [9.17, 15) is 0 Å². The van der Waals surface area contributed by atoms with Gasteiger partial charge in [0.15, 0.2) is 0 Å². The molecule has 0 N–H and O–H groups in total. The fourth-order valence-electron chi connectivity index (χ4n) is 8.60. The van der Waals surface area contributed by atoms with Gasteiger partial charge >= 0.3 is 0 Å². The SMILES string of the molecule is c1ccc(-c2ccc(N(c3ccccc3-c3ccccc3)c3cccc4c3c3ccccc3n4-c3ccc(-c4cccc5c4sc4ccccc45)cc3)cc2)cc1. The number of hydrogen-bond donors (Lipinski definition) is 0. The van der Waals surface area contributed by atoms with Crippen LogP contribution in [0.4, 0.5) is 17.1 Å². The van der Waals surface area contributed by atoms with Crippen LogP contribution in [0.2, 0.25) is 0 Å². The summed E-state index contributed by atoms with van der Waals surface area (Å²) in [7, 11) is 0. The highest BCUT2D eigenvalue weighted by molar-refractivity contribution is 7.26. The summed E-state index contributed by atoms with van der Waals surface area (Å²) in [4.78, 5) is 2.45. The lowest BCUT2D eigenvalue weighted by Gasteiger charge is -2.29. The number of anilines is 3. The average Bonchev–Trinajstić information content (AvgIpc) is 3.84. The molecule has 0 saturated carbocycles. The summed E-state index contributed by atoms with van der Waals surface area (Å²) in [5.74, 6) is 0. The zero-order chi connectivity index (χ0) is 37.7. The molecule has 0 aliphatic rings. The van der Waals surface area contributed by atoms with Crippen molar-refractivity contribution >= 4 is 70.4 Å². The topological polar surface area (TPSA) is 8.17 Å². The maximum atomic E-state index is 2.45. The van der Waals surface area contributed by atoms with Crippen LogP contribution in [-0.2, 0) is 0 Å². The Hall–Kier alpha value is -7.20. The first-order valence-corrected chi connectivity index (χ1v) is 20.3. The molecule has 0 saturated heterocycles. The first-order chi connectivity index (χ1) is 28.3. The van der Waals surface area contributed by atoms with Crippen molar-refractivity contribution in [2.24, 2.45) is 0 Å². The van der Waals surface area contributed by atoms with Crippen molar-refractivity contribution in [3.8, 4) is 39.1 Å². The molecule has 2 nitrogen and oxygen atoms in total. The molecule has 2 aromatic heterocycles. The van der Waals surface area contributed by atoms with Gasteiger partial charge in [0.2, 0.25) is 0 Å². The molecule has 0 aliphatic carbocycles. The van der Waals surface area contributed by atoms with Gasteiger partial charge in [0.25, 0.3) is 0 Å². The predicted molar refractivity (Wildman–Crippen MR) is 245 cm³/mol. The molecule has 0 unspecified atom stereocenters. The second-order valence-corrected chi connectivity index (χ2v) is 15.5. The summed E-state index contributed by atoms with van der Waals surface area (Å²) < 4.78 is 5.09. The van der Waals surface area contributed by atoms with Crippen molar-refractivity contribution in [3.05, 3.63) is 218 Å². The van der Waals surface area contributed by atoms with Crippen molar-refractivity contribution in [2.75, 3.05) is 4.90 Å². The largest absolute Gasteiger partial charge is 0.309 e. The fourth-order valence-corrected chi connectivity index (χ4v) is 9.84. The van der Waals surface area contributed by atoms with E-state index in [0.29, 0.717) is 0 Å². The molecule has 0 aliphatic heterocycles. The third kappa shape index (κ3) is 5.63. The minimum atomic E-state index is 1.10. The van der Waals surface area contributed by atoms with Gasteiger partial charge in [-0.25, -0.2) is 0 Å². The first-order valence-electron chi connectivity index (χ1n) is 19.4. The van der Waals surface area contributed by atoms with Crippen LogP contribution in [0.15, 0.2) is 218 Å². The summed E-state index contributed by atoms with van der Waals surface area (Å²) in [5.41, 5.74) is 14.1. The van der Waals surface area contributed by atoms with E-state index < -0.39 is 0 Å². The zero-order valence-corrected chi connectivity index (χ0v) is 31.9. The van der Waals surface area contributed by atoms with E-state index >= 15 is 0 Å². The number of thiophene rings is 1. The number of nitrogens with zero attached hydrogens (tertiary/aromatic N) is 2. The fraction of sp³-hybridized carbons (Fsp3) is 0. The molecule has 11 rings (SSSR count). The van der Waals surface area contributed by atoms with Crippen molar-refractivity contribution in [2.45, 2.75) is 0 Å². The summed E-state index contributed by atoms with van der Waals surface area (Å²) in [5, 5.41) is 5.07. The Morgan fingerprint density at radius 1 is 0.351 bits per heavy atom. The highest BCUT2D eigenvalue weighted by atomic mass is 32.1. The van der Waals surface area contributed by atoms with Gasteiger partial charge in [-0.1, -0.05) is 164 Å². The van der Waals surface area contributed by atoms with Crippen LogP contribution in [0.25, 0.3) is 81.0 Å². The smallest absolute Gasteiger partial charge is 0.0562 e. The van der Waals surface area contributed by atoms with Crippen LogP contribution in [-0.4, -0.2) is 4.57 Å². The average molecular weight is 745 g/mol.